The highest BCUT2D eigenvalue weighted by atomic mass is 35.5. The van der Waals surface area contributed by atoms with Crippen LogP contribution in [0.15, 0.2) is 29.6 Å². The van der Waals surface area contributed by atoms with E-state index in [2.05, 4.69) is 18.8 Å². The normalized spacial score (nSPS) is 11.2. The third-order valence-corrected chi connectivity index (χ3v) is 4.64. The molecular weight excluding hydrogens is 356 g/mol. The van der Waals surface area contributed by atoms with Gasteiger partial charge in [0.2, 0.25) is 5.91 Å². The minimum atomic E-state index is -0.00917. The van der Waals surface area contributed by atoms with Crippen molar-refractivity contribution < 1.29 is 9.53 Å². The van der Waals surface area contributed by atoms with E-state index in [9.17, 15) is 4.79 Å². The minimum Gasteiger partial charge on any atom is -0.486 e. The third kappa shape index (κ3) is 6.33. The lowest BCUT2D eigenvalue weighted by molar-refractivity contribution is -0.135. The molecule has 25 heavy (non-hydrogen) atoms. The largest absolute Gasteiger partial charge is 0.486 e. The topological polar surface area (TPSA) is 42.4 Å². The van der Waals surface area contributed by atoms with Gasteiger partial charge in [-0.3, -0.25) is 4.79 Å². The van der Waals surface area contributed by atoms with Gasteiger partial charge in [0.1, 0.15) is 17.4 Å². The van der Waals surface area contributed by atoms with Gasteiger partial charge in [0.15, 0.2) is 0 Å². The van der Waals surface area contributed by atoms with E-state index in [4.69, 9.17) is 16.3 Å². The second kappa shape index (κ2) is 9.20. The van der Waals surface area contributed by atoms with Crippen LogP contribution in [-0.4, -0.2) is 22.3 Å². The number of carbonyl (C=O) groups is 1. The molecule has 0 aliphatic heterocycles. The molecule has 0 aliphatic carbocycles. The molecule has 1 aromatic carbocycles. The average Bonchev–Trinajstić information content (AvgIpc) is 3.00. The summed E-state index contributed by atoms with van der Waals surface area (Å²) >= 11 is 7.42. The molecule has 0 unspecified atom stereocenters. The van der Waals surface area contributed by atoms with Crippen molar-refractivity contribution in [1.82, 2.24) is 9.88 Å². The number of amides is 1. The first-order valence-corrected chi connectivity index (χ1v) is 9.71. The van der Waals surface area contributed by atoms with Gasteiger partial charge >= 0.3 is 0 Å². The van der Waals surface area contributed by atoms with E-state index in [0.29, 0.717) is 24.1 Å². The Bertz CT molecular complexity index is 683. The molecule has 0 spiro atoms. The van der Waals surface area contributed by atoms with Gasteiger partial charge in [0.05, 0.1) is 12.2 Å². The van der Waals surface area contributed by atoms with E-state index < -0.39 is 0 Å². The van der Waals surface area contributed by atoms with Crippen LogP contribution in [0.2, 0.25) is 5.02 Å². The zero-order valence-corrected chi connectivity index (χ0v) is 16.7. The number of hydrogen-bond acceptors (Lipinski definition) is 4. The first kappa shape index (κ1) is 19.7. The Kier molecular flexibility index (Phi) is 7.26. The van der Waals surface area contributed by atoms with Crippen LogP contribution in [0, 0.1) is 11.8 Å². The van der Waals surface area contributed by atoms with Crippen molar-refractivity contribution in [2.45, 2.75) is 40.8 Å². The Morgan fingerprint density at radius 1 is 1.24 bits per heavy atom. The summed E-state index contributed by atoms with van der Waals surface area (Å²) in [7, 11) is 0. The molecule has 2 aromatic rings. The standard InChI is InChI=1S/C19H25ClN2O2S/c1-13(2)9-22(19(23)14(3)4)10-16-12-25-18(21-16)11-24-17-7-5-15(20)6-8-17/h5-8,12-14H,9-11H2,1-4H3. The van der Waals surface area contributed by atoms with Crippen molar-refractivity contribution in [3.63, 3.8) is 0 Å². The number of nitrogens with zero attached hydrogens (tertiary/aromatic N) is 2. The smallest absolute Gasteiger partial charge is 0.225 e. The highest BCUT2D eigenvalue weighted by Gasteiger charge is 2.19. The lowest BCUT2D eigenvalue weighted by Gasteiger charge is -2.25. The van der Waals surface area contributed by atoms with Gasteiger partial charge < -0.3 is 9.64 Å². The number of halogens is 1. The van der Waals surface area contributed by atoms with Gasteiger partial charge in [0, 0.05) is 22.9 Å². The van der Waals surface area contributed by atoms with Crippen molar-refractivity contribution in [2.24, 2.45) is 11.8 Å². The van der Waals surface area contributed by atoms with Gasteiger partial charge in [-0.05, 0) is 30.2 Å². The van der Waals surface area contributed by atoms with E-state index in [-0.39, 0.29) is 11.8 Å². The minimum absolute atomic E-state index is 0.00917. The Labute approximate surface area is 158 Å². The zero-order chi connectivity index (χ0) is 18.4. The number of ether oxygens (including phenoxy) is 1. The fourth-order valence-electron chi connectivity index (χ4n) is 2.40. The third-order valence-electron chi connectivity index (χ3n) is 3.52. The molecule has 1 aromatic heterocycles. The molecule has 2 rings (SSSR count). The van der Waals surface area contributed by atoms with Crippen LogP contribution in [0.5, 0.6) is 5.75 Å². The van der Waals surface area contributed by atoms with Crippen LogP contribution in [0.4, 0.5) is 0 Å². The fourth-order valence-corrected chi connectivity index (χ4v) is 3.22. The van der Waals surface area contributed by atoms with E-state index in [1.54, 1.807) is 23.5 Å². The summed E-state index contributed by atoms with van der Waals surface area (Å²) in [5.41, 5.74) is 0.911. The Morgan fingerprint density at radius 2 is 1.92 bits per heavy atom. The van der Waals surface area contributed by atoms with Gasteiger partial charge in [-0.2, -0.15) is 0 Å². The summed E-state index contributed by atoms with van der Waals surface area (Å²) in [5.74, 6) is 1.34. The molecule has 136 valence electrons. The van der Waals surface area contributed by atoms with Crippen molar-refractivity contribution in [3.05, 3.63) is 45.4 Å². The van der Waals surface area contributed by atoms with Gasteiger partial charge in [-0.25, -0.2) is 4.98 Å². The van der Waals surface area contributed by atoms with Crippen molar-refractivity contribution >= 4 is 28.8 Å². The van der Waals surface area contributed by atoms with Gasteiger partial charge in [-0.1, -0.05) is 39.3 Å². The van der Waals surface area contributed by atoms with Crippen LogP contribution in [0.1, 0.15) is 38.4 Å². The van der Waals surface area contributed by atoms with Crippen molar-refractivity contribution in [1.29, 1.82) is 0 Å². The summed E-state index contributed by atoms with van der Waals surface area (Å²) in [6, 6.07) is 7.27. The Morgan fingerprint density at radius 3 is 2.52 bits per heavy atom. The first-order chi connectivity index (χ1) is 11.8. The van der Waals surface area contributed by atoms with Crippen LogP contribution >= 0.6 is 22.9 Å². The lowest BCUT2D eigenvalue weighted by atomic mass is 10.1. The molecule has 6 heteroatoms. The van der Waals surface area contributed by atoms with E-state index >= 15 is 0 Å². The fraction of sp³-hybridized carbons (Fsp3) is 0.474. The van der Waals surface area contributed by atoms with Gasteiger partial charge in [0.25, 0.3) is 0 Å². The van der Waals surface area contributed by atoms with Crippen molar-refractivity contribution in [2.75, 3.05) is 6.54 Å². The van der Waals surface area contributed by atoms with Crippen LogP contribution in [0.3, 0.4) is 0 Å². The highest BCUT2D eigenvalue weighted by molar-refractivity contribution is 7.09. The molecule has 0 saturated heterocycles. The van der Waals surface area contributed by atoms with Crippen LogP contribution in [0.25, 0.3) is 0 Å². The number of benzene rings is 1. The predicted octanol–water partition coefficient (Wildman–Crippen LogP) is 5.02. The monoisotopic (exact) mass is 380 g/mol. The van der Waals surface area contributed by atoms with Crippen LogP contribution in [-0.2, 0) is 17.9 Å². The Hall–Kier alpha value is -1.59. The molecule has 1 amide bonds. The number of aromatic nitrogens is 1. The molecule has 0 atom stereocenters. The summed E-state index contributed by atoms with van der Waals surface area (Å²) in [5, 5.41) is 3.58. The SMILES string of the molecule is CC(C)CN(Cc1csc(COc2ccc(Cl)cc2)n1)C(=O)C(C)C. The summed E-state index contributed by atoms with van der Waals surface area (Å²) in [6.07, 6.45) is 0. The molecule has 0 aliphatic rings. The molecule has 0 radical (unpaired) electrons. The first-order valence-electron chi connectivity index (χ1n) is 8.45. The number of hydrogen-bond donors (Lipinski definition) is 0. The summed E-state index contributed by atoms with van der Waals surface area (Å²) < 4.78 is 5.72. The van der Waals surface area contributed by atoms with E-state index in [1.165, 1.54) is 0 Å². The zero-order valence-electron chi connectivity index (χ0n) is 15.2. The van der Waals surface area contributed by atoms with E-state index in [1.807, 2.05) is 36.3 Å². The lowest BCUT2D eigenvalue weighted by Crippen LogP contribution is -2.36. The van der Waals surface area contributed by atoms with E-state index in [0.717, 1.165) is 23.0 Å². The number of thiazole rings is 1. The number of rotatable bonds is 8. The molecule has 0 saturated carbocycles. The highest BCUT2D eigenvalue weighted by Crippen LogP contribution is 2.19. The molecule has 4 nitrogen and oxygen atoms in total. The van der Waals surface area contributed by atoms with Crippen LogP contribution < -0.4 is 4.74 Å². The maximum absolute atomic E-state index is 12.4. The molecular formula is C19H25ClN2O2S. The summed E-state index contributed by atoms with van der Waals surface area (Å²) in [6.45, 7) is 9.80. The number of carbonyl (C=O) groups excluding carboxylic acids is 1. The molecule has 0 bridgehead atoms. The molecule has 0 N–H and O–H groups in total. The quantitative estimate of drug-likeness (QED) is 0.646. The molecule has 0 fully saturated rings. The maximum atomic E-state index is 12.4. The Balaban J connectivity index is 1.96. The predicted molar refractivity (Wildman–Crippen MR) is 103 cm³/mol. The summed E-state index contributed by atoms with van der Waals surface area (Å²) in [4.78, 5) is 18.9. The van der Waals surface area contributed by atoms with Gasteiger partial charge in [-0.15, -0.1) is 11.3 Å². The molecule has 1 heterocycles. The second-order valence-electron chi connectivity index (χ2n) is 6.74. The maximum Gasteiger partial charge on any atom is 0.225 e. The second-order valence-corrected chi connectivity index (χ2v) is 8.12. The average molecular weight is 381 g/mol. The van der Waals surface area contributed by atoms with Crippen molar-refractivity contribution in [3.8, 4) is 5.75 Å².